The molecule has 0 bridgehead atoms. The van der Waals surface area contributed by atoms with Gasteiger partial charge in [-0.2, -0.15) is 8.78 Å². The van der Waals surface area contributed by atoms with Crippen molar-refractivity contribution in [3.63, 3.8) is 0 Å². The number of urea groups is 1. The average Bonchev–Trinajstić information content (AvgIpc) is 2.64. The minimum Gasteiger partial charge on any atom is -0.435 e. The Kier molecular flexibility index (Phi) is 8.74. The summed E-state index contributed by atoms with van der Waals surface area (Å²) in [6, 6.07) is 6.18. The number of hydrogen-bond donors (Lipinski definition) is 1. The molecule has 1 saturated heterocycles. The molecule has 8 heteroatoms. The summed E-state index contributed by atoms with van der Waals surface area (Å²) in [5, 5.41) is 2.92. The van der Waals surface area contributed by atoms with Crippen molar-refractivity contribution in [3.8, 4) is 5.75 Å². The van der Waals surface area contributed by atoms with E-state index < -0.39 is 6.61 Å². The number of unbranched alkanes of at least 4 members (excludes halogenated alkanes) is 1. The van der Waals surface area contributed by atoms with Gasteiger partial charge in [-0.05, 0) is 44.1 Å². The molecule has 1 aliphatic heterocycles. The van der Waals surface area contributed by atoms with Crippen LogP contribution in [0.4, 0.5) is 13.6 Å². The van der Waals surface area contributed by atoms with Crippen molar-refractivity contribution >= 4 is 6.03 Å². The highest BCUT2D eigenvalue weighted by molar-refractivity contribution is 5.73. The molecule has 0 spiro atoms. The van der Waals surface area contributed by atoms with E-state index in [1.54, 1.807) is 24.1 Å². The largest absolute Gasteiger partial charge is 0.435 e. The molecule has 0 unspecified atom stereocenters. The Balaban J connectivity index is 1.59. The van der Waals surface area contributed by atoms with E-state index >= 15 is 0 Å². The SMILES string of the molecule is CN1CCN(CCCCNC(=O)N(C)Cc2ccc(OC(F)F)cc2)CC1. The van der Waals surface area contributed by atoms with Crippen molar-refractivity contribution in [1.29, 1.82) is 0 Å². The van der Waals surface area contributed by atoms with Crippen molar-refractivity contribution in [3.05, 3.63) is 29.8 Å². The highest BCUT2D eigenvalue weighted by Gasteiger charge is 2.13. The molecule has 1 fully saturated rings. The molecule has 1 aliphatic rings. The van der Waals surface area contributed by atoms with Gasteiger partial charge in [-0.1, -0.05) is 12.1 Å². The molecule has 1 N–H and O–H groups in total. The van der Waals surface area contributed by atoms with E-state index in [-0.39, 0.29) is 11.8 Å². The molecule has 1 aromatic rings. The number of nitrogens with zero attached hydrogens (tertiary/aromatic N) is 3. The van der Waals surface area contributed by atoms with Gasteiger partial charge in [0.2, 0.25) is 0 Å². The highest BCUT2D eigenvalue weighted by Crippen LogP contribution is 2.15. The number of piperazine rings is 1. The fourth-order valence-electron chi connectivity index (χ4n) is 2.98. The third-order valence-corrected chi connectivity index (χ3v) is 4.69. The van der Waals surface area contributed by atoms with Crippen molar-refractivity contribution in [2.75, 3.05) is 53.4 Å². The molecule has 2 amide bonds. The number of nitrogens with one attached hydrogen (secondary N) is 1. The van der Waals surface area contributed by atoms with Crippen LogP contribution in [-0.4, -0.2) is 80.7 Å². The molecule has 1 aromatic carbocycles. The van der Waals surface area contributed by atoms with Crippen molar-refractivity contribution < 1.29 is 18.3 Å². The number of halogens is 2. The zero-order valence-electron chi connectivity index (χ0n) is 16.2. The lowest BCUT2D eigenvalue weighted by Gasteiger charge is -2.32. The quantitative estimate of drug-likeness (QED) is 0.665. The number of rotatable bonds is 9. The number of hydrogen-bond acceptors (Lipinski definition) is 4. The molecule has 0 atom stereocenters. The lowest BCUT2D eigenvalue weighted by molar-refractivity contribution is -0.0498. The van der Waals surface area contributed by atoms with E-state index in [0.717, 1.165) is 51.1 Å². The molecule has 1 heterocycles. The highest BCUT2D eigenvalue weighted by atomic mass is 19.3. The zero-order chi connectivity index (χ0) is 19.6. The third-order valence-electron chi connectivity index (χ3n) is 4.69. The predicted octanol–water partition coefficient (Wildman–Crippen LogP) is 2.46. The Hall–Kier alpha value is -1.93. The van der Waals surface area contributed by atoms with Crippen LogP contribution in [0.2, 0.25) is 0 Å². The molecule has 0 aliphatic carbocycles. The smallest absolute Gasteiger partial charge is 0.387 e. The van der Waals surface area contributed by atoms with E-state index in [1.165, 1.54) is 12.1 Å². The first-order chi connectivity index (χ1) is 12.9. The number of benzene rings is 1. The van der Waals surface area contributed by atoms with Gasteiger partial charge >= 0.3 is 12.6 Å². The van der Waals surface area contributed by atoms with Crippen molar-refractivity contribution in [2.45, 2.75) is 26.0 Å². The van der Waals surface area contributed by atoms with Gasteiger partial charge in [0, 0.05) is 46.3 Å². The molecular weight excluding hydrogens is 354 g/mol. The van der Waals surface area contributed by atoms with Gasteiger partial charge in [0.1, 0.15) is 5.75 Å². The predicted molar refractivity (Wildman–Crippen MR) is 101 cm³/mol. The van der Waals surface area contributed by atoms with Gasteiger partial charge in [-0.25, -0.2) is 4.79 Å². The second kappa shape index (κ2) is 11.0. The fraction of sp³-hybridized carbons (Fsp3) is 0.632. The second-order valence-corrected chi connectivity index (χ2v) is 6.96. The molecule has 0 radical (unpaired) electrons. The molecule has 0 saturated carbocycles. The maximum atomic E-state index is 12.1. The second-order valence-electron chi connectivity index (χ2n) is 6.96. The van der Waals surface area contributed by atoms with Gasteiger partial charge in [0.15, 0.2) is 0 Å². The number of carbonyl (C=O) groups is 1. The Morgan fingerprint density at radius 1 is 1.19 bits per heavy atom. The Morgan fingerprint density at radius 3 is 2.48 bits per heavy atom. The molecule has 2 rings (SSSR count). The fourth-order valence-corrected chi connectivity index (χ4v) is 2.98. The summed E-state index contributed by atoms with van der Waals surface area (Å²) in [7, 11) is 3.86. The van der Waals surface area contributed by atoms with Gasteiger partial charge in [-0.15, -0.1) is 0 Å². The van der Waals surface area contributed by atoms with Crippen LogP contribution >= 0.6 is 0 Å². The van der Waals surface area contributed by atoms with Crippen LogP contribution in [0.3, 0.4) is 0 Å². The number of ether oxygens (including phenoxy) is 1. The maximum absolute atomic E-state index is 12.1. The summed E-state index contributed by atoms with van der Waals surface area (Å²) in [5.74, 6) is 0.112. The lowest BCUT2D eigenvalue weighted by atomic mass is 10.2. The van der Waals surface area contributed by atoms with Gasteiger partial charge < -0.3 is 24.8 Å². The molecular formula is C19H30F2N4O2. The van der Waals surface area contributed by atoms with Crippen LogP contribution in [0.1, 0.15) is 18.4 Å². The minimum absolute atomic E-state index is 0.112. The normalized spacial score (nSPS) is 15.7. The molecule has 27 heavy (non-hydrogen) atoms. The number of carbonyl (C=O) groups excluding carboxylic acids is 1. The van der Waals surface area contributed by atoms with Crippen LogP contribution in [0.15, 0.2) is 24.3 Å². The monoisotopic (exact) mass is 384 g/mol. The van der Waals surface area contributed by atoms with Crippen molar-refractivity contribution in [1.82, 2.24) is 20.0 Å². The third kappa shape index (κ3) is 8.09. The van der Waals surface area contributed by atoms with E-state index in [9.17, 15) is 13.6 Å². The lowest BCUT2D eigenvalue weighted by Crippen LogP contribution is -2.44. The summed E-state index contributed by atoms with van der Waals surface area (Å²) in [4.78, 5) is 18.5. The first kappa shape index (κ1) is 21.4. The van der Waals surface area contributed by atoms with Gasteiger partial charge in [0.05, 0.1) is 0 Å². The van der Waals surface area contributed by atoms with E-state index in [4.69, 9.17) is 0 Å². The van der Waals surface area contributed by atoms with E-state index in [1.807, 2.05) is 0 Å². The summed E-state index contributed by atoms with van der Waals surface area (Å²) >= 11 is 0. The number of likely N-dealkylation sites (N-methyl/N-ethyl adjacent to an activating group) is 1. The summed E-state index contributed by atoms with van der Waals surface area (Å²) < 4.78 is 28.6. The van der Waals surface area contributed by atoms with Crippen molar-refractivity contribution in [2.24, 2.45) is 0 Å². The Labute approximate surface area is 160 Å². The van der Waals surface area contributed by atoms with Crippen LogP contribution in [0, 0.1) is 0 Å². The van der Waals surface area contributed by atoms with Crippen LogP contribution < -0.4 is 10.1 Å². The first-order valence-corrected chi connectivity index (χ1v) is 9.37. The maximum Gasteiger partial charge on any atom is 0.387 e. The number of amides is 2. The summed E-state index contributed by atoms with van der Waals surface area (Å²) in [5.41, 5.74) is 0.851. The number of alkyl halides is 2. The molecule has 6 nitrogen and oxygen atoms in total. The van der Waals surface area contributed by atoms with Crippen LogP contribution in [0.5, 0.6) is 5.75 Å². The summed E-state index contributed by atoms with van der Waals surface area (Å²) in [6.07, 6.45) is 2.02. The van der Waals surface area contributed by atoms with Gasteiger partial charge in [-0.3, -0.25) is 0 Å². The van der Waals surface area contributed by atoms with Gasteiger partial charge in [0.25, 0.3) is 0 Å². The first-order valence-electron chi connectivity index (χ1n) is 9.37. The van der Waals surface area contributed by atoms with Crippen LogP contribution in [-0.2, 0) is 6.54 Å². The zero-order valence-corrected chi connectivity index (χ0v) is 16.2. The minimum atomic E-state index is -2.83. The summed E-state index contributed by atoms with van der Waals surface area (Å²) in [6.45, 7) is 3.78. The Morgan fingerprint density at radius 2 is 1.85 bits per heavy atom. The van der Waals surface area contributed by atoms with Crippen LogP contribution in [0.25, 0.3) is 0 Å². The standard InChI is InChI=1S/C19H30F2N4O2/c1-23-11-13-25(14-12-23)10-4-3-9-22-19(26)24(2)15-16-5-7-17(8-6-16)27-18(20)21/h5-8,18H,3-4,9-15H2,1-2H3,(H,22,26). The van der Waals surface area contributed by atoms with E-state index in [2.05, 4.69) is 26.9 Å². The van der Waals surface area contributed by atoms with E-state index in [0.29, 0.717) is 13.1 Å². The molecule has 152 valence electrons. The molecule has 0 aromatic heterocycles. The topological polar surface area (TPSA) is 48.0 Å². The Bertz CT molecular complexity index is 563. The average molecular weight is 384 g/mol.